The molecule has 0 radical (unpaired) electrons. The van der Waals surface area contributed by atoms with E-state index in [-0.39, 0.29) is 5.91 Å². The highest BCUT2D eigenvalue weighted by molar-refractivity contribution is 6.30. The van der Waals surface area contributed by atoms with E-state index >= 15 is 0 Å². The number of aryl methyl sites for hydroxylation is 1. The number of rotatable bonds is 5. The lowest BCUT2D eigenvalue weighted by molar-refractivity contribution is -0.117. The molecule has 5 heteroatoms. The van der Waals surface area contributed by atoms with Crippen LogP contribution in [0.4, 0.5) is 5.69 Å². The molecule has 0 aliphatic carbocycles. The first-order valence-electron chi connectivity index (χ1n) is 8.64. The molecule has 0 spiro atoms. The second kappa shape index (κ2) is 8.48. The maximum atomic E-state index is 12.2. The van der Waals surface area contributed by atoms with E-state index in [9.17, 15) is 4.79 Å². The number of hydrogen-bond acceptors (Lipinski definition) is 3. The van der Waals surface area contributed by atoms with Crippen molar-refractivity contribution in [3.63, 3.8) is 0 Å². The first kappa shape index (κ1) is 17.9. The van der Waals surface area contributed by atoms with Gasteiger partial charge in [0.2, 0.25) is 5.91 Å². The van der Waals surface area contributed by atoms with Gasteiger partial charge in [0, 0.05) is 43.4 Å². The SMILES string of the molecule is Cc1cccc(CN2CCN(CC(=O)Nc3ccc(Cl)cc3)CC2)c1. The maximum absolute atomic E-state index is 12.2. The van der Waals surface area contributed by atoms with Crippen molar-refractivity contribution in [2.75, 3.05) is 38.0 Å². The third-order valence-electron chi connectivity index (χ3n) is 4.45. The topological polar surface area (TPSA) is 35.6 Å². The monoisotopic (exact) mass is 357 g/mol. The number of nitrogens with one attached hydrogen (secondary N) is 1. The fraction of sp³-hybridized carbons (Fsp3) is 0.350. The Bertz CT molecular complexity index is 709. The molecule has 1 amide bonds. The fourth-order valence-electron chi connectivity index (χ4n) is 3.11. The normalized spacial score (nSPS) is 15.9. The lowest BCUT2D eigenvalue weighted by atomic mass is 10.1. The van der Waals surface area contributed by atoms with Gasteiger partial charge in [-0.05, 0) is 36.8 Å². The molecule has 1 heterocycles. The molecule has 3 rings (SSSR count). The van der Waals surface area contributed by atoms with E-state index in [0.717, 1.165) is 38.4 Å². The minimum absolute atomic E-state index is 0.0226. The van der Waals surface area contributed by atoms with Crippen LogP contribution in [0.5, 0.6) is 0 Å². The Kier molecular flexibility index (Phi) is 6.08. The number of anilines is 1. The number of halogens is 1. The van der Waals surface area contributed by atoms with Crippen LogP contribution in [-0.2, 0) is 11.3 Å². The van der Waals surface area contributed by atoms with Crippen molar-refractivity contribution in [1.29, 1.82) is 0 Å². The third kappa shape index (κ3) is 5.56. The van der Waals surface area contributed by atoms with Crippen molar-refractivity contribution in [2.45, 2.75) is 13.5 Å². The number of piperazine rings is 1. The first-order chi connectivity index (χ1) is 12.1. The summed E-state index contributed by atoms with van der Waals surface area (Å²) in [4.78, 5) is 16.8. The molecule has 2 aromatic carbocycles. The molecular weight excluding hydrogens is 334 g/mol. The summed E-state index contributed by atoms with van der Waals surface area (Å²) >= 11 is 5.86. The Hall–Kier alpha value is -1.88. The number of hydrogen-bond donors (Lipinski definition) is 1. The van der Waals surface area contributed by atoms with E-state index in [2.05, 4.69) is 46.3 Å². The van der Waals surface area contributed by atoms with Crippen LogP contribution in [0.3, 0.4) is 0 Å². The number of amides is 1. The van der Waals surface area contributed by atoms with Gasteiger partial charge in [0.05, 0.1) is 6.54 Å². The van der Waals surface area contributed by atoms with E-state index in [1.54, 1.807) is 12.1 Å². The van der Waals surface area contributed by atoms with Gasteiger partial charge in [-0.15, -0.1) is 0 Å². The van der Waals surface area contributed by atoms with Gasteiger partial charge >= 0.3 is 0 Å². The maximum Gasteiger partial charge on any atom is 0.238 e. The molecule has 0 aromatic heterocycles. The molecule has 1 N–H and O–H groups in total. The van der Waals surface area contributed by atoms with E-state index in [0.29, 0.717) is 11.6 Å². The molecule has 25 heavy (non-hydrogen) atoms. The zero-order valence-electron chi connectivity index (χ0n) is 14.5. The molecule has 0 unspecified atom stereocenters. The van der Waals surface area contributed by atoms with Gasteiger partial charge in [-0.25, -0.2) is 0 Å². The zero-order chi connectivity index (χ0) is 17.6. The lowest BCUT2D eigenvalue weighted by Crippen LogP contribution is -2.48. The van der Waals surface area contributed by atoms with Crippen LogP contribution in [-0.4, -0.2) is 48.4 Å². The van der Waals surface area contributed by atoms with Crippen LogP contribution in [0.1, 0.15) is 11.1 Å². The average Bonchev–Trinajstić information content (AvgIpc) is 2.59. The molecule has 1 aliphatic heterocycles. The van der Waals surface area contributed by atoms with Gasteiger partial charge in [-0.2, -0.15) is 0 Å². The molecule has 1 saturated heterocycles. The third-order valence-corrected chi connectivity index (χ3v) is 4.70. The summed E-state index contributed by atoms with van der Waals surface area (Å²) in [7, 11) is 0. The van der Waals surface area contributed by atoms with Gasteiger partial charge in [0.15, 0.2) is 0 Å². The summed E-state index contributed by atoms with van der Waals surface area (Å²) in [6.07, 6.45) is 0. The molecule has 4 nitrogen and oxygen atoms in total. The minimum atomic E-state index is 0.0226. The second-order valence-electron chi connectivity index (χ2n) is 6.60. The highest BCUT2D eigenvalue weighted by Crippen LogP contribution is 2.14. The lowest BCUT2D eigenvalue weighted by Gasteiger charge is -2.34. The Morgan fingerprint density at radius 1 is 1.04 bits per heavy atom. The van der Waals surface area contributed by atoms with Gasteiger partial charge in [0.1, 0.15) is 0 Å². The van der Waals surface area contributed by atoms with Crippen molar-refractivity contribution in [1.82, 2.24) is 9.80 Å². The van der Waals surface area contributed by atoms with Gasteiger partial charge < -0.3 is 5.32 Å². The van der Waals surface area contributed by atoms with Crippen molar-refractivity contribution >= 4 is 23.2 Å². The van der Waals surface area contributed by atoms with E-state index in [1.165, 1.54) is 11.1 Å². The fourth-order valence-corrected chi connectivity index (χ4v) is 3.24. The Morgan fingerprint density at radius 3 is 2.40 bits per heavy atom. The van der Waals surface area contributed by atoms with Crippen molar-refractivity contribution < 1.29 is 4.79 Å². The number of carbonyl (C=O) groups excluding carboxylic acids is 1. The van der Waals surface area contributed by atoms with Crippen LogP contribution in [0, 0.1) is 6.92 Å². The van der Waals surface area contributed by atoms with Crippen molar-refractivity contribution in [3.8, 4) is 0 Å². The number of nitrogens with zero attached hydrogens (tertiary/aromatic N) is 2. The standard InChI is InChI=1S/C20H24ClN3O/c1-16-3-2-4-17(13-16)14-23-9-11-24(12-10-23)15-20(25)22-19-7-5-18(21)6-8-19/h2-8,13H,9-12,14-15H2,1H3,(H,22,25). The van der Waals surface area contributed by atoms with Crippen LogP contribution in [0.25, 0.3) is 0 Å². The molecule has 132 valence electrons. The van der Waals surface area contributed by atoms with E-state index < -0.39 is 0 Å². The van der Waals surface area contributed by atoms with Crippen molar-refractivity contribution in [2.24, 2.45) is 0 Å². The predicted octanol–water partition coefficient (Wildman–Crippen LogP) is 3.40. The van der Waals surface area contributed by atoms with Crippen LogP contribution in [0.2, 0.25) is 5.02 Å². The summed E-state index contributed by atoms with van der Waals surface area (Å²) in [5, 5.41) is 3.59. The van der Waals surface area contributed by atoms with Crippen LogP contribution < -0.4 is 5.32 Å². The summed E-state index contributed by atoms with van der Waals surface area (Å²) in [6.45, 7) is 7.35. The molecule has 1 aliphatic rings. The zero-order valence-corrected chi connectivity index (χ0v) is 15.3. The first-order valence-corrected chi connectivity index (χ1v) is 9.02. The molecule has 0 saturated carbocycles. The van der Waals surface area contributed by atoms with Gasteiger partial charge in [-0.1, -0.05) is 41.4 Å². The summed E-state index contributed by atoms with van der Waals surface area (Å²) in [6, 6.07) is 15.9. The molecule has 0 bridgehead atoms. The van der Waals surface area contributed by atoms with Gasteiger partial charge in [0.25, 0.3) is 0 Å². The molecule has 1 fully saturated rings. The van der Waals surface area contributed by atoms with E-state index in [1.807, 2.05) is 12.1 Å². The van der Waals surface area contributed by atoms with Crippen molar-refractivity contribution in [3.05, 3.63) is 64.7 Å². The molecule has 2 aromatic rings. The average molecular weight is 358 g/mol. The molecular formula is C20H24ClN3O. The quantitative estimate of drug-likeness (QED) is 0.890. The second-order valence-corrected chi connectivity index (χ2v) is 7.03. The van der Waals surface area contributed by atoms with Crippen LogP contribution in [0.15, 0.2) is 48.5 Å². The Labute approximate surface area is 154 Å². The Balaban J connectivity index is 1.42. The number of benzene rings is 2. The summed E-state index contributed by atoms with van der Waals surface area (Å²) in [5.74, 6) is 0.0226. The summed E-state index contributed by atoms with van der Waals surface area (Å²) in [5.41, 5.74) is 3.44. The number of carbonyl (C=O) groups is 1. The predicted molar refractivity (Wildman–Crippen MR) is 103 cm³/mol. The van der Waals surface area contributed by atoms with E-state index in [4.69, 9.17) is 11.6 Å². The Morgan fingerprint density at radius 2 is 1.72 bits per heavy atom. The van der Waals surface area contributed by atoms with Crippen LogP contribution >= 0.6 is 11.6 Å². The highest BCUT2D eigenvalue weighted by Gasteiger charge is 2.19. The van der Waals surface area contributed by atoms with Gasteiger partial charge in [-0.3, -0.25) is 14.6 Å². The highest BCUT2D eigenvalue weighted by atomic mass is 35.5. The minimum Gasteiger partial charge on any atom is -0.325 e. The largest absolute Gasteiger partial charge is 0.325 e. The smallest absolute Gasteiger partial charge is 0.238 e. The summed E-state index contributed by atoms with van der Waals surface area (Å²) < 4.78 is 0. The molecule has 0 atom stereocenters.